The van der Waals surface area contributed by atoms with E-state index in [9.17, 15) is 4.79 Å². The first kappa shape index (κ1) is 24.4. The summed E-state index contributed by atoms with van der Waals surface area (Å²) in [6.45, 7) is 7.50. The van der Waals surface area contributed by atoms with Crippen LogP contribution in [-0.4, -0.2) is 18.6 Å². The van der Waals surface area contributed by atoms with E-state index in [1.165, 1.54) is 77.0 Å². The maximum Gasteiger partial charge on any atom is 0.221 e. The molecule has 0 heterocycles. The van der Waals surface area contributed by atoms with E-state index in [0.29, 0.717) is 6.42 Å². The Bertz CT molecular complexity index is 281. The van der Waals surface area contributed by atoms with Gasteiger partial charge in [-0.05, 0) is 25.8 Å². The van der Waals surface area contributed by atoms with Gasteiger partial charge in [0.15, 0.2) is 0 Å². The van der Waals surface area contributed by atoms with Crippen molar-refractivity contribution >= 4 is 5.91 Å². The third kappa shape index (κ3) is 18.0. The summed E-state index contributed by atoms with van der Waals surface area (Å²) in [5.41, 5.74) is 0. The maximum atomic E-state index is 11.9. The van der Waals surface area contributed by atoms with E-state index in [1.54, 1.807) is 0 Å². The molecule has 0 fully saturated rings. The molecule has 0 aliphatic carbocycles. The molecule has 0 rings (SSSR count). The van der Waals surface area contributed by atoms with Gasteiger partial charge in [0.25, 0.3) is 0 Å². The van der Waals surface area contributed by atoms with Crippen molar-refractivity contribution in [3.8, 4) is 0 Å². The number of nitrogens with one attached hydrogen (secondary N) is 2. The van der Waals surface area contributed by atoms with Gasteiger partial charge < -0.3 is 5.32 Å². The predicted molar refractivity (Wildman–Crippen MR) is 111 cm³/mol. The van der Waals surface area contributed by atoms with Crippen LogP contribution in [-0.2, 0) is 4.79 Å². The lowest BCUT2D eigenvalue weighted by Crippen LogP contribution is -2.45. The van der Waals surface area contributed by atoms with Crippen molar-refractivity contribution in [1.82, 2.24) is 10.6 Å². The summed E-state index contributed by atoms with van der Waals surface area (Å²) in [7, 11) is 0. The van der Waals surface area contributed by atoms with E-state index in [-0.39, 0.29) is 12.1 Å². The second-order valence-electron chi connectivity index (χ2n) is 7.48. The van der Waals surface area contributed by atoms with Crippen molar-refractivity contribution < 1.29 is 4.79 Å². The Kier molecular flexibility index (Phi) is 19.3. The molecule has 0 aromatic heterocycles. The molecule has 0 saturated carbocycles. The zero-order valence-corrected chi connectivity index (χ0v) is 17.5. The van der Waals surface area contributed by atoms with E-state index >= 15 is 0 Å². The van der Waals surface area contributed by atoms with Crippen molar-refractivity contribution in [3.05, 3.63) is 0 Å². The first-order valence-electron chi connectivity index (χ1n) is 11.3. The Hall–Kier alpha value is -0.570. The van der Waals surface area contributed by atoms with Gasteiger partial charge in [0, 0.05) is 6.42 Å². The fraction of sp³-hybridized carbons (Fsp3) is 0.955. The molecule has 150 valence electrons. The highest BCUT2D eigenvalue weighted by atomic mass is 16.1. The summed E-state index contributed by atoms with van der Waals surface area (Å²) in [6, 6.07) is 0. The first-order chi connectivity index (χ1) is 12.2. The van der Waals surface area contributed by atoms with Crippen molar-refractivity contribution in [3.63, 3.8) is 0 Å². The summed E-state index contributed by atoms with van der Waals surface area (Å²) in [6.07, 6.45) is 20.4. The zero-order valence-electron chi connectivity index (χ0n) is 17.5. The number of hydrogen-bond acceptors (Lipinski definition) is 2. The van der Waals surface area contributed by atoms with Crippen LogP contribution < -0.4 is 10.6 Å². The third-order valence-electron chi connectivity index (χ3n) is 4.89. The second-order valence-corrected chi connectivity index (χ2v) is 7.48. The highest BCUT2D eigenvalue weighted by molar-refractivity contribution is 5.76. The van der Waals surface area contributed by atoms with Gasteiger partial charge in [-0.15, -0.1) is 0 Å². The number of carbonyl (C=O) groups excluding carboxylic acids is 1. The minimum Gasteiger partial charge on any atom is -0.341 e. The average molecular weight is 355 g/mol. The molecule has 1 unspecified atom stereocenters. The Morgan fingerprint density at radius 2 is 1.16 bits per heavy atom. The Morgan fingerprint density at radius 3 is 1.60 bits per heavy atom. The van der Waals surface area contributed by atoms with Crippen LogP contribution in [0, 0.1) is 0 Å². The van der Waals surface area contributed by atoms with Gasteiger partial charge >= 0.3 is 0 Å². The van der Waals surface area contributed by atoms with Crippen LogP contribution in [0.2, 0.25) is 0 Å². The van der Waals surface area contributed by atoms with Crippen molar-refractivity contribution in [2.24, 2.45) is 0 Å². The predicted octanol–water partition coefficient (Wildman–Crippen LogP) is 6.32. The molecule has 0 aliphatic rings. The Morgan fingerprint density at radius 1 is 0.680 bits per heavy atom. The number of carbonyl (C=O) groups is 1. The number of amides is 1. The van der Waals surface area contributed by atoms with Gasteiger partial charge in [-0.2, -0.15) is 0 Å². The summed E-state index contributed by atoms with van der Waals surface area (Å²) in [5.74, 6) is 0.207. The second kappa shape index (κ2) is 19.8. The first-order valence-corrected chi connectivity index (χ1v) is 11.3. The SMILES string of the molecule is CCCCCCCCCCCCCCCC(=O)NC(CC)NCCC. The molecule has 25 heavy (non-hydrogen) atoms. The molecule has 1 atom stereocenters. The van der Waals surface area contributed by atoms with Crippen LogP contribution in [0.3, 0.4) is 0 Å². The third-order valence-corrected chi connectivity index (χ3v) is 4.89. The van der Waals surface area contributed by atoms with E-state index in [1.807, 2.05) is 0 Å². The average Bonchev–Trinajstić information content (AvgIpc) is 2.62. The quantitative estimate of drug-likeness (QED) is 0.210. The van der Waals surface area contributed by atoms with Crippen LogP contribution in [0.15, 0.2) is 0 Å². The molecule has 0 radical (unpaired) electrons. The largest absolute Gasteiger partial charge is 0.341 e. The molecule has 0 aromatic carbocycles. The topological polar surface area (TPSA) is 41.1 Å². The van der Waals surface area contributed by atoms with Crippen LogP contribution in [0.4, 0.5) is 0 Å². The van der Waals surface area contributed by atoms with Crippen LogP contribution in [0.5, 0.6) is 0 Å². The molecule has 0 aliphatic heterocycles. The fourth-order valence-corrected chi connectivity index (χ4v) is 3.19. The van der Waals surface area contributed by atoms with Crippen molar-refractivity contribution in [2.75, 3.05) is 6.54 Å². The normalized spacial score (nSPS) is 12.3. The molecule has 0 bridgehead atoms. The summed E-state index contributed by atoms with van der Waals surface area (Å²) in [5, 5.41) is 6.46. The maximum absolute atomic E-state index is 11.9. The summed E-state index contributed by atoms with van der Waals surface area (Å²) in [4.78, 5) is 11.9. The van der Waals surface area contributed by atoms with Crippen molar-refractivity contribution in [1.29, 1.82) is 0 Å². The zero-order chi connectivity index (χ0) is 18.6. The summed E-state index contributed by atoms with van der Waals surface area (Å²) < 4.78 is 0. The molecule has 2 N–H and O–H groups in total. The lowest BCUT2D eigenvalue weighted by Gasteiger charge is -2.18. The molecule has 3 heteroatoms. The molecule has 0 aromatic rings. The molecule has 0 saturated heterocycles. The van der Waals surface area contributed by atoms with Gasteiger partial charge in [-0.3, -0.25) is 10.1 Å². The van der Waals surface area contributed by atoms with Gasteiger partial charge in [0.1, 0.15) is 0 Å². The Balaban J connectivity index is 3.30. The van der Waals surface area contributed by atoms with Crippen LogP contribution in [0.1, 0.15) is 124 Å². The van der Waals surface area contributed by atoms with Crippen LogP contribution in [0.25, 0.3) is 0 Å². The minimum atomic E-state index is 0.148. The van der Waals surface area contributed by atoms with E-state index < -0.39 is 0 Å². The smallest absolute Gasteiger partial charge is 0.221 e. The molecule has 3 nitrogen and oxygen atoms in total. The number of rotatable bonds is 19. The highest BCUT2D eigenvalue weighted by Gasteiger charge is 2.08. The fourth-order valence-electron chi connectivity index (χ4n) is 3.19. The Labute approximate surface area is 158 Å². The lowest BCUT2D eigenvalue weighted by atomic mass is 10.0. The standard InChI is InChI=1S/C22H46N2O/c1-4-7-8-9-10-11-12-13-14-15-16-17-18-19-22(25)24-21(6-3)23-20-5-2/h21,23H,4-20H2,1-3H3,(H,24,25). The monoisotopic (exact) mass is 354 g/mol. The number of hydrogen-bond donors (Lipinski definition) is 2. The van der Waals surface area contributed by atoms with Gasteiger partial charge in [0.2, 0.25) is 5.91 Å². The number of unbranched alkanes of at least 4 members (excludes halogenated alkanes) is 12. The molecular formula is C22H46N2O. The van der Waals surface area contributed by atoms with Gasteiger partial charge in [-0.25, -0.2) is 0 Å². The van der Waals surface area contributed by atoms with Crippen molar-refractivity contribution in [2.45, 2.75) is 130 Å². The lowest BCUT2D eigenvalue weighted by molar-refractivity contribution is -0.122. The molecule has 1 amide bonds. The summed E-state index contributed by atoms with van der Waals surface area (Å²) >= 11 is 0. The van der Waals surface area contributed by atoms with Gasteiger partial charge in [-0.1, -0.05) is 97.8 Å². The molecular weight excluding hydrogens is 308 g/mol. The van der Waals surface area contributed by atoms with E-state index in [0.717, 1.165) is 25.8 Å². The van der Waals surface area contributed by atoms with E-state index in [2.05, 4.69) is 31.4 Å². The van der Waals surface area contributed by atoms with Gasteiger partial charge in [0.05, 0.1) is 6.17 Å². The molecule has 0 spiro atoms. The van der Waals surface area contributed by atoms with Crippen LogP contribution >= 0.6 is 0 Å². The highest BCUT2D eigenvalue weighted by Crippen LogP contribution is 2.12. The minimum absolute atomic E-state index is 0.148. The van der Waals surface area contributed by atoms with E-state index in [4.69, 9.17) is 0 Å².